The minimum atomic E-state index is -1.06. The number of hydrogen-bond acceptors (Lipinski definition) is 8. The van der Waals surface area contributed by atoms with Crippen molar-refractivity contribution in [3.63, 3.8) is 0 Å². The number of nitrogens with zero attached hydrogens (tertiary/aromatic N) is 3. The minimum absolute atomic E-state index is 0.0206. The summed E-state index contributed by atoms with van der Waals surface area (Å²) in [4.78, 5) is 24.7. The van der Waals surface area contributed by atoms with Crippen molar-refractivity contribution in [2.24, 2.45) is 5.41 Å². The molecule has 1 atom stereocenters. The number of carboxylic acids is 1. The van der Waals surface area contributed by atoms with E-state index in [0.29, 0.717) is 35.5 Å². The Morgan fingerprint density at radius 3 is 2.38 bits per heavy atom. The standard InChI is InChI=1S/C28H29F2N3O6/c1-7-10-36-24-20-25(33-27(32-24)37-19-13-17(29)8-9-18(19)30)39-23(31-20)16-11-14(2)21(15(3)12-16)38-22(26(34)35)28(4,5)6/h8-9,11-13,22H,7,10H2,1-6H3,(H,34,35). The fraction of sp³-hybridized carbons (Fsp3) is 0.357. The Morgan fingerprint density at radius 2 is 1.77 bits per heavy atom. The van der Waals surface area contributed by atoms with Gasteiger partial charge in [0, 0.05) is 17.0 Å². The van der Waals surface area contributed by atoms with Crippen LogP contribution in [-0.4, -0.2) is 38.7 Å². The maximum Gasteiger partial charge on any atom is 0.345 e. The van der Waals surface area contributed by atoms with Gasteiger partial charge in [0.2, 0.25) is 5.89 Å². The molecule has 0 saturated heterocycles. The number of hydrogen-bond donors (Lipinski definition) is 1. The lowest BCUT2D eigenvalue weighted by molar-refractivity contribution is -0.150. The summed E-state index contributed by atoms with van der Waals surface area (Å²) >= 11 is 0. The lowest BCUT2D eigenvalue weighted by Crippen LogP contribution is -2.39. The average molecular weight is 542 g/mol. The van der Waals surface area contributed by atoms with E-state index in [4.69, 9.17) is 18.6 Å². The van der Waals surface area contributed by atoms with Crippen molar-refractivity contribution in [1.82, 2.24) is 15.0 Å². The summed E-state index contributed by atoms with van der Waals surface area (Å²) in [5.74, 6) is -2.22. The number of halogens is 2. The van der Waals surface area contributed by atoms with Gasteiger partial charge in [-0.3, -0.25) is 0 Å². The van der Waals surface area contributed by atoms with Gasteiger partial charge in [-0.15, -0.1) is 0 Å². The SMILES string of the molecule is CCCOc1nc(Oc2cc(F)ccc2F)nc2oc(-c3cc(C)c(OC(C(=O)O)C(C)(C)C)c(C)c3)nc12. The number of carbonyl (C=O) groups is 1. The molecule has 2 heterocycles. The summed E-state index contributed by atoms with van der Waals surface area (Å²) in [7, 11) is 0. The first-order valence-electron chi connectivity index (χ1n) is 12.3. The highest BCUT2D eigenvalue weighted by molar-refractivity contribution is 5.78. The van der Waals surface area contributed by atoms with E-state index in [1.807, 2.05) is 6.92 Å². The van der Waals surface area contributed by atoms with Crippen molar-refractivity contribution in [1.29, 1.82) is 0 Å². The van der Waals surface area contributed by atoms with Gasteiger partial charge >= 0.3 is 12.0 Å². The largest absolute Gasteiger partial charge is 0.478 e. The number of benzene rings is 2. The van der Waals surface area contributed by atoms with Crippen LogP contribution in [-0.2, 0) is 4.79 Å². The molecule has 1 unspecified atom stereocenters. The molecule has 0 fully saturated rings. The van der Waals surface area contributed by atoms with Crippen LogP contribution in [0.4, 0.5) is 8.78 Å². The molecule has 4 rings (SSSR count). The predicted octanol–water partition coefficient (Wildman–Crippen LogP) is 6.64. The van der Waals surface area contributed by atoms with Crippen molar-refractivity contribution in [2.75, 3.05) is 6.61 Å². The number of rotatable bonds is 9. The van der Waals surface area contributed by atoms with E-state index in [1.54, 1.807) is 46.8 Å². The first kappa shape index (κ1) is 27.7. The van der Waals surface area contributed by atoms with Gasteiger partial charge in [-0.05, 0) is 55.7 Å². The molecule has 2 aromatic heterocycles. The third kappa shape index (κ3) is 6.08. The number of aromatic nitrogens is 3. The Hall–Kier alpha value is -4.28. The molecule has 11 heteroatoms. The van der Waals surface area contributed by atoms with Gasteiger partial charge in [-0.2, -0.15) is 9.97 Å². The zero-order valence-electron chi connectivity index (χ0n) is 22.5. The lowest BCUT2D eigenvalue weighted by atomic mass is 9.89. The predicted molar refractivity (Wildman–Crippen MR) is 138 cm³/mol. The van der Waals surface area contributed by atoms with E-state index in [0.717, 1.165) is 18.2 Å². The molecule has 39 heavy (non-hydrogen) atoms. The summed E-state index contributed by atoms with van der Waals surface area (Å²) in [6, 6.07) is 5.99. The summed E-state index contributed by atoms with van der Waals surface area (Å²) in [6.45, 7) is 11.2. The molecule has 0 aliphatic heterocycles. The molecular formula is C28H29F2N3O6. The van der Waals surface area contributed by atoms with E-state index in [-0.39, 0.29) is 29.0 Å². The average Bonchev–Trinajstić information content (AvgIpc) is 3.27. The fourth-order valence-corrected chi connectivity index (χ4v) is 3.88. The molecule has 206 valence electrons. The van der Waals surface area contributed by atoms with Crippen molar-refractivity contribution >= 4 is 17.2 Å². The normalized spacial score (nSPS) is 12.4. The van der Waals surface area contributed by atoms with Crippen molar-refractivity contribution < 1.29 is 37.3 Å². The third-order valence-corrected chi connectivity index (χ3v) is 5.70. The fourth-order valence-electron chi connectivity index (χ4n) is 3.88. The van der Waals surface area contributed by atoms with Crippen LogP contribution in [0.3, 0.4) is 0 Å². The van der Waals surface area contributed by atoms with Crippen molar-refractivity contribution in [3.05, 3.63) is 53.1 Å². The highest BCUT2D eigenvalue weighted by Crippen LogP contribution is 2.36. The van der Waals surface area contributed by atoms with Crippen molar-refractivity contribution in [2.45, 2.75) is 54.1 Å². The van der Waals surface area contributed by atoms with E-state index < -0.39 is 34.9 Å². The number of carboxylic acid groups (broad SMARTS) is 1. The van der Waals surface area contributed by atoms with Gasteiger partial charge < -0.3 is 23.7 Å². The molecule has 0 radical (unpaired) electrons. The Bertz CT molecular complexity index is 1510. The summed E-state index contributed by atoms with van der Waals surface area (Å²) in [5.41, 5.74) is 1.56. The summed E-state index contributed by atoms with van der Waals surface area (Å²) in [6.07, 6.45) is -0.378. The highest BCUT2D eigenvalue weighted by Gasteiger charge is 2.34. The molecule has 0 saturated carbocycles. The topological polar surface area (TPSA) is 117 Å². The lowest BCUT2D eigenvalue weighted by Gasteiger charge is -2.29. The number of aliphatic carboxylic acids is 1. The molecule has 4 aromatic rings. The third-order valence-electron chi connectivity index (χ3n) is 5.70. The van der Waals surface area contributed by atoms with Crippen molar-refractivity contribution in [3.8, 4) is 34.8 Å². The molecule has 1 N–H and O–H groups in total. The second-order valence-corrected chi connectivity index (χ2v) is 10.2. The van der Waals surface area contributed by atoms with Crippen LogP contribution in [0.15, 0.2) is 34.7 Å². The Morgan fingerprint density at radius 1 is 1.08 bits per heavy atom. The van der Waals surface area contributed by atoms with E-state index >= 15 is 0 Å². The second kappa shape index (κ2) is 10.8. The van der Waals surface area contributed by atoms with Crippen LogP contribution in [0.1, 0.15) is 45.2 Å². The molecule has 2 aromatic carbocycles. The molecule has 0 spiro atoms. The van der Waals surface area contributed by atoms with E-state index in [2.05, 4.69) is 15.0 Å². The number of oxazole rings is 1. The van der Waals surface area contributed by atoms with Crippen LogP contribution in [0.25, 0.3) is 22.7 Å². The van der Waals surface area contributed by atoms with Gasteiger partial charge in [-0.1, -0.05) is 27.7 Å². The van der Waals surface area contributed by atoms with Gasteiger partial charge in [0.1, 0.15) is 11.6 Å². The monoisotopic (exact) mass is 541 g/mol. The molecular weight excluding hydrogens is 512 g/mol. The van der Waals surface area contributed by atoms with Gasteiger partial charge in [0.15, 0.2) is 23.2 Å². The maximum atomic E-state index is 14.1. The Labute approximate surface area is 223 Å². The van der Waals surface area contributed by atoms with Gasteiger partial charge in [0.25, 0.3) is 11.6 Å². The van der Waals surface area contributed by atoms with Crippen LogP contribution in [0, 0.1) is 30.9 Å². The number of fused-ring (bicyclic) bond motifs is 1. The first-order valence-corrected chi connectivity index (χ1v) is 12.3. The Kier molecular flexibility index (Phi) is 7.71. The molecule has 0 bridgehead atoms. The van der Waals surface area contributed by atoms with E-state index in [9.17, 15) is 18.7 Å². The zero-order chi connectivity index (χ0) is 28.5. The van der Waals surface area contributed by atoms with Crippen LogP contribution in [0.5, 0.6) is 23.4 Å². The number of ether oxygens (including phenoxy) is 3. The first-order chi connectivity index (χ1) is 18.4. The highest BCUT2D eigenvalue weighted by atomic mass is 19.1. The second-order valence-electron chi connectivity index (χ2n) is 10.2. The minimum Gasteiger partial charge on any atom is -0.478 e. The quantitative estimate of drug-likeness (QED) is 0.249. The molecule has 9 nitrogen and oxygen atoms in total. The smallest absolute Gasteiger partial charge is 0.345 e. The van der Waals surface area contributed by atoms with Crippen LogP contribution >= 0.6 is 0 Å². The molecule has 0 aliphatic rings. The molecule has 0 aliphatic carbocycles. The zero-order valence-corrected chi connectivity index (χ0v) is 22.5. The number of aryl methyl sites for hydroxylation is 2. The maximum absolute atomic E-state index is 14.1. The van der Waals surface area contributed by atoms with Crippen LogP contribution < -0.4 is 14.2 Å². The Balaban J connectivity index is 1.74. The summed E-state index contributed by atoms with van der Waals surface area (Å²) < 4.78 is 50.7. The van der Waals surface area contributed by atoms with Gasteiger partial charge in [-0.25, -0.2) is 18.6 Å². The summed E-state index contributed by atoms with van der Waals surface area (Å²) in [5, 5.41) is 9.67. The van der Waals surface area contributed by atoms with Crippen LogP contribution in [0.2, 0.25) is 0 Å². The van der Waals surface area contributed by atoms with E-state index in [1.165, 1.54) is 0 Å². The molecule has 0 amide bonds. The van der Waals surface area contributed by atoms with Gasteiger partial charge in [0.05, 0.1) is 6.61 Å².